The van der Waals surface area contributed by atoms with E-state index in [9.17, 15) is 0 Å². The van der Waals surface area contributed by atoms with E-state index in [-0.39, 0.29) is 0 Å². The molecule has 0 atom stereocenters. The monoisotopic (exact) mass is 263 g/mol. The van der Waals surface area contributed by atoms with Gasteiger partial charge in [0.05, 0.1) is 0 Å². The van der Waals surface area contributed by atoms with Gasteiger partial charge in [-0.05, 0) is 33.0 Å². The first-order valence-corrected chi connectivity index (χ1v) is 7.18. The van der Waals surface area contributed by atoms with Crippen LogP contribution in [0.4, 0.5) is 0 Å². The van der Waals surface area contributed by atoms with Gasteiger partial charge in [-0.1, -0.05) is 55.0 Å². The van der Waals surface area contributed by atoms with Crippen LogP contribution < -0.4 is 0 Å². The first kappa shape index (κ1) is 14.4. The third kappa shape index (κ3) is 10.5. The summed E-state index contributed by atoms with van der Waals surface area (Å²) in [5, 5.41) is 1.17. The van der Waals surface area contributed by atoms with Gasteiger partial charge >= 0.3 is 0 Å². The molecule has 0 N–H and O–H groups in total. The molecule has 0 aromatic heterocycles. The average molecular weight is 264 g/mol. The molecule has 0 aromatic carbocycles. The van der Waals surface area contributed by atoms with E-state index in [1.54, 1.807) is 0 Å². The van der Waals surface area contributed by atoms with Crippen molar-refractivity contribution in [2.24, 2.45) is 0 Å². The minimum atomic E-state index is 1.17. The van der Waals surface area contributed by atoms with Gasteiger partial charge in [-0.15, -0.1) is 0 Å². The molecule has 0 aliphatic carbocycles. The van der Waals surface area contributed by atoms with Crippen LogP contribution in [-0.4, -0.2) is 30.4 Å². The number of alkyl halides is 1. The maximum absolute atomic E-state index is 3.46. The highest BCUT2D eigenvalue weighted by molar-refractivity contribution is 9.09. The summed E-state index contributed by atoms with van der Waals surface area (Å²) in [5.41, 5.74) is 0. The molecule has 0 amide bonds. The lowest BCUT2D eigenvalue weighted by Crippen LogP contribution is -2.18. The molecule has 0 fully saturated rings. The molecular weight excluding hydrogens is 238 g/mol. The Balaban J connectivity index is 2.92. The van der Waals surface area contributed by atoms with E-state index in [0.29, 0.717) is 0 Å². The van der Waals surface area contributed by atoms with Gasteiger partial charge in [0, 0.05) is 5.33 Å². The van der Waals surface area contributed by atoms with Gasteiger partial charge in [0.1, 0.15) is 0 Å². The van der Waals surface area contributed by atoms with Gasteiger partial charge in [-0.3, -0.25) is 0 Å². The highest BCUT2D eigenvalue weighted by atomic mass is 79.9. The van der Waals surface area contributed by atoms with Crippen LogP contribution in [0.2, 0.25) is 0 Å². The predicted molar refractivity (Wildman–Crippen MR) is 69.3 cm³/mol. The second-order valence-electron chi connectivity index (χ2n) is 4.06. The summed E-state index contributed by atoms with van der Waals surface area (Å²) in [4.78, 5) is 2.39. The number of halogens is 1. The topological polar surface area (TPSA) is 3.24 Å². The molecule has 0 bridgehead atoms. The zero-order valence-corrected chi connectivity index (χ0v) is 11.5. The molecule has 0 aliphatic heterocycles. The van der Waals surface area contributed by atoms with Crippen LogP contribution in [0.15, 0.2) is 0 Å². The Morgan fingerprint density at radius 2 is 1.36 bits per heavy atom. The van der Waals surface area contributed by atoms with Gasteiger partial charge in [0.25, 0.3) is 0 Å². The molecule has 1 nitrogen and oxygen atoms in total. The summed E-state index contributed by atoms with van der Waals surface area (Å²) in [6, 6.07) is 0. The molecular formula is C12H26BrN. The lowest BCUT2D eigenvalue weighted by Gasteiger charge is -2.12. The van der Waals surface area contributed by atoms with Crippen molar-refractivity contribution < 1.29 is 0 Å². The standard InChI is InChI=1S/C12H26BrN/c1-3-14(2)12-10-8-6-4-5-7-9-11-13/h3-12H2,1-2H3. The van der Waals surface area contributed by atoms with Gasteiger partial charge in [0.15, 0.2) is 0 Å². The highest BCUT2D eigenvalue weighted by Crippen LogP contribution is 2.08. The van der Waals surface area contributed by atoms with E-state index in [4.69, 9.17) is 0 Å². The summed E-state index contributed by atoms with van der Waals surface area (Å²) in [7, 11) is 2.20. The molecule has 86 valence electrons. The zero-order chi connectivity index (χ0) is 10.6. The number of rotatable bonds is 10. The first-order chi connectivity index (χ1) is 6.81. The quantitative estimate of drug-likeness (QED) is 0.425. The van der Waals surface area contributed by atoms with E-state index in [0.717, 1.165) is 0 Å². The zero-order valence-electron chi connectivity index (χ0n) is 9.90. The molecule has 0 aromatic rings. The minimum absolute atomic E-state index is 1.17. The fraction of sp³-hybridized carbons (Fsp3) is 1.00. The minimum Gasteiger partial charge on any atom is -0.307 e. The number of hydrogen-bond donors (Lipinski definition) is 0. The Hall–Kier alpha value is 0.440. The van der Waals surface area contributed by atoms with Crippen LogP contribution in [0.5, 0.6) is 0 Å². The van der Waals surface area contributed by atoms with E-state index in [2.05, 4.69) is 34.8 Å². The maximum Gasteiger partial charge on any atom is 0.00313 e. The third-order valence-corrected chi connectivity index (χ3v) is 3.27. The smallest absolute Gasteiger partial charge is 0.00313 e. The van der Waals surface area contributed by atoms with Crippen molar-refractivity contribution in [2.45, 2.75) is 51.9 Å². The Labute approximate surface area is 98.4 Å². The van der Waals surface area contributed by atoms with Crippen molar-refractivity contribution in [3.05, 3.63) is 0 Å². The van der Waals surface area contributed by atoms with E-state index in [1.165, 1.54) is 63.4 Å². The van der Waals surface area contributed by atoms with E-state index in [1.807, 2.05) is 0 Å². The summed E-state index contributed by atoms with van der Waals surface area (Å²) >= 11 is 3.46. The largest absolute Gasteiger partial charge is 0.307 e. The van der Waals surface area contributed by atoms with E-state index >= 15 is 0 Å². The Morgan fingerprint density at radius 3 is 1.86 bits per heavy atom. The normalized spacial score (nSPS) is 11.1. The Bertz CT molecular complexity index is 106. The molecule has 0 saturated carbocycles. The summed E-state index contributed by atoms with van der Waals surface area (Å²) in [6.07, 6.45) is 9.83. The summed E-state index contributed by atoms with van der Waals surface area (Å²) < 4.78 is 0. The lowest BCUT2D eigenvalue weighted by molar-refractivity contribution is 0.340. The first-order valence-electron chi connectivity index (χ1n) is 6.05. The fourth-order valence-electron chi connectivity index (χ4n) is 1.52. The molecule has 0 unspecified atom stereocenters. The third-order valence-electron chi connectivity index (χ3n) is 2.71. The van der Waals surface area contributed by atoms with Crippen molar-refractivity contribution in [3.8, 4) is 0 Å². The highest BCUT2D eigenvalue weighted by Gasteiger charge is 1.94. The van der Waals surface area contributed by atoms with Crippen molar-refractivity contribution in [1.82, 2.24) is 4.90 Å². The molecule has 0 spiro atoms. The predicted octanol–water partition coefficient (Wildman–Crippen LogP) is 4.06. The second-order valence-corrected chi connectivity index (χ2v) is 4.85. The Kier molecular flexibility index (Phi) is 11.9. The van der Waals surface area contributed by atoms with Crippen molar-refractivity contribution >= 4 is 15.9 Å². The summed E-state index contributed by atoms with van der Waals surface area (Å²) in [6.45, 7) is 4.68. The lowest BCUT2D eigenvalue weighted by atomic mass is 10.1. The molecule has 0 saturated heterocycles. The van der Waals surface area contributed by atoms with Crippen LogP contribution in [0.3, 0.4) is 0 Å². The number of nitrogens with zero attached hydrogens (tertiary/aromatic N) is 1. The van der Waals surface area contributed by atoms with Crippen molar-refractivity contribution in [2.75, 3.05) is 25.5 Å². The van der Waals surface area contributed by atoms with Gasteiger partial charge in [0.2, 0.25) is 0 Å². The van der Waals surface area contributed by atoms with Crippen molar-refractivity contribution in [3.63, 3.8) is 0 Å². The average Bonchev–Trinajstić information content (AvgIpc) is 2.21. The van der Waals surface area contributed by atoms with Crippen LogP contribution in [0.1, 0.15) is 51.9 Å². The molecule has 0 radical (unpaired) electrons. The number of hydrogen-bond acceptors (Lipinski definition) is 1. The van der Waals surface area contributed by atoms with Crippen LogP contribution in [0.25, 0.3) is 0 Å². The molecule has 0 aliphatic rings. The molecule has 2 heteroatoms. The molecule has 14 heavy (non-hydrogen) atoms. The van der Waals surface area contributed by atoms with E-state index < -0.39 is 0 Å². The number of unbranched alkanes of at least 4 members (excludes halogenated alkanes) is 6. The van der Waals surface area contributed by atoms with Gasteiger partial charge in [-0.25, -0.2) is 0 Å². The van der Waals surface area contributed by atoms with Gasteiger partial charge in [-0.2, -0.15) is 0 Å². The summed E-state index contributed by atoms with van der Waals surface area (Å²) in [5.74, 6) is 0. The van der Waals surface area contributed by atoms with Crippen LogP contribution in [0, 0.1) is 0 Å². The second kappa shape index (κ2) is 11.5. The fourth-order valence-corrected chi connectivity index (χ4v) is 1.91. The SMILES string of the molecule is CCN(C)CCCCCCCCCBr. The van der Waals surface area contributed by atoms with Crippen molar-refractivity contribution in [1.29, 1.82) is 0 Å². The maximum atomic E-state index is 3.46. The Morgan fingerprint density at radius 1 is 0.857 bits per heavy atom. The molecule has 0 heterocycles. The van der Waals surface area contributed by atoms with Crippen LogP contribution >= 0.6 is 15.9 Å². The van der Waals surface area contributed by atoms with Gasteiger partial charge < -0.3 is 4.90 Å². The molecule has 0 rings (SSSR count). The van der Waals surface area contributed by atoms with Crippen LogP contribution in [-0.2, 0) is 0 Å².